The lowest BCUT2D eigenvalue weighted by Crippen LogP contribution is -2.40. The summed E-state index contributed by atoms with van der Waals surface area (Å²) in [6.07, 6.45) is 2.62. The molecule has 1 N–H and O–H groups in total. The Morgan fingerprint density at radius 2 is 1.81 bits per heavy atom. The second-order valence-corrected chi connectivity index (χ2v) is 5.49. The Hall–Kier alpha value is -0.180. The van der Waals surface area contributed by atoms with Crippen LogP contribution in [0.2, 0.25) is 0 Å². The van der Waals surface area contributed by atoms with Gasteiger partial charge in [-0.15, -0.1) is 0 Å². The number of hydrogen-bond acceptors (Lipinski definition) is 1. The van der Waals surface area contributed by atoms with Gasteiger partial charge in [-0.2, -0.15) is 0 Å². The van der Waals surface area contributed by atoms with E-state index < -0.39 is 5.92 Å². The summed E-state index contributed by atoms with van der Waals surface area (Å²) in [6, 6.07) is 0.432. The number of alkyl halides is 2. The van der Waals surface area contributed by atoms with Gasteiger partial charge in [0.15, 0.2) is 0 Å². The highest BCUT2D eigenvalue weighted by atomic mass is 19.3. The summed E-state index contributed by atoms with van der Waals surface area (Å²) in [5.74, 6) is -1.32. The first kappa shape index (κ1) is 13.9. The summed E-state index contributed by atoms with van der Waals surface area (Å²) in [5.41, 5.74) is 0. The first-order valence-electron chi connectivity index (χ1n) is 6.56. The highest BCUT2D eigenvalue weighted by Gasteiger charge is 2.37. The Labute approximate surface area is 98.0 Å². The fourth-order valence-corrected chi connectivity index (χ4v) is 2.68. The van der Waals surface area contributed by atoms with Crippen molar-refractivity contribution in [3.63, 3.8) is 0 Å². The smallest absolute Gasteiger partial charge is 0.248 e. The fourth-order valence-electron chi connectivity index (χ4n) is 2.68. The van der Waals surface area contributed by atoms with Crippen LogP contribution in [0.1, 0.15) is 52.9 Å². The van der Waals surface area contributed by atoms with E-state index in [1.807, 2.05) is 0 Å². The minimum absolute atomic E-state index is 0.0810. The molecule has 0 saturated heterocycles. The van der Waals surface area contributed by atoms with Crippen molar-refractivity contribution in [3.8, 4) is 0 Å². The van der Waals surface area contributed by atoms with Crippen LogP contribution in [-0.2, 0) is 0 Å². The average molecular weight is 233 g/mol. The molecule has 1 aliphatic rings. The minimum atomic E-state index is -2.40. The molecule has 0 heterocycles. The van der Waals surface area contributed by atoms with E-state index in [1.54, 1.807) is 0 Å². The van der Waals surface area contributed by atoms with Gasteiger partial charge < -0.3 is 5.32 Å². The quantitative estimate of drug-likeness (QED) is 0.761. The lowest BCUT2D eigenvalue weighted by molar-refractivity contribution is -0.0501. The fraction of sp³-hybridized carbons (Fsp3) is 1.00. The van der Waals surface area contributed by atoms with E-state index in [1.165, 1.54) is 0 Å². The maximum Gasteiger partial charge on any atom is 0.248 e. The van der Waals surface area contributed by atoms with Gasteiger partial charge in [0.2, 0.25) is 5.92 Å². The molecule has 16 heavy (non-hydrogen) atoms. The molecule has 0 aromatic heterocycles. The van der Waals surface area contributed by atoms with E-state index in [-0.39, 0.29) is 12.8 Å². The molecule has 3 heteroatoms. The van der Waals surface area contributed by atoms with Gasteiger partial charge in [-0.3, -0.25) is 0 Å². The molecule has 1 unspecified atom stereocenters. The highest BCUT2D eigenvalue weighted by Crippen LogP contribution is 2.38. The maximum atomic E-state index is 13.1. The van der Waals surface area contributed by atoms with E-state index >= 15 is 0 Å². The summed E-state index contributed by atoms with van der Waals surface area (Å²) in [4.78, 5) is 0. The van der Waals surface area contributed by atoms with Crippen LogP contribution in [0.25, 0.3) is 0 Å². The zero-order valence-electron chi connectivity index (χ0n) is 10.7. The summed E-state index contributed by atoms with van der Waals surface area (Å²) in [6.45, 7) is 7.42. The molecule has 1 atom stereocenters. The van der Waals surface area contributed by atoms with Gasteiger partial charge in [0.25, 0.3) is 0 Å². The van der Waals surface area contributed by atoms with Crippen LogP contribution in [0.5, 0.6) is 0 Å². The van der Waals surface area contributed by atoms with Crippen LogP contribution in [0.4, 0.5) is 8.78 Å². The Balaban J connectivity index is 2.46. The van der Waals surface area contributed by atoms with Crippen molar-refractivity contribution >= 4 is 0 Å². The van der Waals surface area contributed by atoms with E-state index in [4.69, 9.17) is 0 Å². The highest BCUT2D eigenvalue weighted by molar-refractivity contribution is 4.85. The predicted octanol–water partition coefficient (Wildman–Crippen LogP) is 3.84. The van der Waals surface area contributed by atoms with Gasteiger partial charge in [0.1, 0.15) is 0 Å². The van der Waals surface area contributed by atoms with E-state index in [0.29, 0.717) is 30.7 Å². The molecule has 0 aromatic carbocycles. The van der Waals surface area contributed by atoms with Crippen molar-refractivity contribution in [2.75, 3.05) is 6.54 Å². The van der Waals surface area contributed by atoms with Gasteiger partial charge >= 0.3 is 0 Å². The molecular formula is C13H25F2N. The molecule has 96 valence electrons. The van der Waals surface area contributed by atoms with Gasteiger partial charge in [0, 0.05) is 18.9 Å². The zero-order valence-corrected chi connectivity index (χ0v) is 10.7. The number of halogens is 2. The van der Waals surface area contributed by atoms with Crippen molar-refractivity contribution in [2.24, 2.45) is 11.8 Å². The van der Waals surface area contributed by atoms with Crippen molar-refractivity contribution in [1.82, 2.24) is 5.32 Å². The molecular weight excluding hydrogens is 208 g/mol. The summed E-state index contributed by atoms with van der Waals surface area (Å²) in [7, 11) is 0. The number of nitrogens with one attached hydrogen (secondary N) is 1. The second kappa shape index (κ2) is 5.95. The molecule has 0 aromatic rings. The summed E-state index contributed by atoms with van der Waals surface area (Å²) < 4.78 is 26.1. The Morgan fingerprint density at radius 1 is 1.25 bits per heavy atom. The van der Waals surface area contributed by atoms with E-state index in [2.05, 4.69) is 26.1 Å². The maximum absolute atomic E-state index is 13.1. The van der Waals surface area contributed by atoms with E-state index in [0.717, 1.165) is 13.0 Å². The molecule has 0 bridgehead atoms. The third kappa shape index (κ3) is 4.36. The van der Waals surface area contributed by atoms with Crippen LogP contribution in [0.3, 0.4) is 0 Å². The van der Waals surface area contributed by atoms with Gasteiger partial charge in [-0.1, -0.05) is 20.8 Å². The Bertz CT molecular complexity index is 194. The summed E-state index contributed by atoms with van der Waals surface area (Å²) >= 11 is 0. The van der Waals surface area contributed by atoms with Gasteiger partial charge in [-0.25, -0.2) is 8.78 Å². The van der Waals surface area contributed by atoms with Crippen molar-refractivity contribution in [3.05, 3.63) is 0 Å². The van der Waals surface area contributed by atoms with Crippen LogP contribution in [0, 0.1) is 11.8 Å². The zero-order chi connectivity index (χ0) is 12.2. The monoisotopic (exact) mass is 233 g/mol. The SMILES string of the molecule is CCNC(CC(C)C)C1CCC(F)(F)CC1. The molecule has 1 aliphatic carbocycles. The molecule has 0 amide bonds. The number of rotatable bonds is 5. The normalized spacial score (nSPS) is 23.6. The van der Waals surface area contributed by atoms with E-state index in [9.17, 15) is 8.78 Å². The molecule has 0 aliphatic heterocycles. The minimum Gasteiger partial charge on any atom is -0.314 e. The lowest BCUT2D eigenvalue weighted by Gasteiger charge is -2.35. The molecule has 0 radical (unpaired) electrons. The van der Waals surface area contributed by atoms with Crippen LogP contribution in [0.15, 0.2) is 0 Å². The predicted molar refractivity (Wildman–Crippen MR) is 63.8 cm³/mol. The first-order valence-corrected chi connectivity index (χ1v) is 6.56. The van der Waals surface area contributed by atoms with Gasteiger partial charge in [-0.05, 0) is 37.6 Å². The molecule has 1 nitrogen and oxygen atoms in total. The molecule has 0 spiro atoms. The Morgan fingerprint density at radius 3 is 2.25 bits per heavy atom. The molecule has 1 rings (SSSR count). The topological polar surface area (TPSA) is 12.0 Å². The average Bonchev–Trinajstić information content (AvgIpc) is 2.16. The number of hydrogen-bond donors (Lipinski definition) is 1. The lowest BCUT2D eigenvalue weighted by atomic mass is 9.79. The van der Waals surface area contributed by atoms with Crippen LogP contribution < -0.4 is 5.32 Å². The standard InChI is InChI=1S/C13H25F2N/c1-4-16-12(9-10(2)3)11-5-7-13(14,15)8-6-11/h10-12,16H,4-9H2,1-3H3. The van der Waals surface area contributed by atoms with Crippen LogP contribution >= 0.6 is 0 Å². The second-order valence-electron chi connectivity index (χ2n) is 5.49. The van der Waals surface area contributed by atoms with Crippen molar-refractivity contribution in [1.29, 1.82) is 0 Å². The van der Waals surface area contributed by atoms with Gasteiger partial charge in [0.05, 0.1) is 0 Å². The van der Waals surface area contributed by atoms with Crippen LogP contribution in [-0.4, -0.2) is 18.5 Å². The third-order valence-electron chi connectivity index (χ3n) is 3.52. The third-order valence-corrected chi connectivity index (χ3v) is 3.52. The molecule has 1 saturated carbocycles. The first-order chi connectivity index (χ1) is 7.44. The largest absolute Gasteiger partial charge is 0.314 e. The van der Waals surface area contributed by atoms with Crippen molar-refractivity contribution < 1.29 is 8.78 Å². The summed E-state index contributed by atoms with van der Waals surface area (Å²) in [5, 5.41) is 3.47. The van der Waals surface area contributed by atoms with Crippen molar-refractivity contribution in [2.45, 2.75) is 64.8 Å². The Kier molecular flexibility index (Phi) is 5.16. The molecule has 1 fully saturated rings.